The summed E-state index contributed by atoms with van der Waals surface area (Å²) in [7, 11) is 0. The molecule has 0 N–H and O–H groups in total. The monoisotopic (exact) mass is 260 g/mol. The molecule has 98 valence electrons. The van der Waals surface area contributed by atoms with Crippen molar-refractivity contribution in [2.45, 2.75) is 25.7 Å². The van der Waals surface area contributed by atoms with Gasteiger partial charge in [0.25, 0.3) is 0 Å². The van der Waals surface area contributed by atoms with Crippen LogP contribution in [0.2, 0.25) is 0 Å². The van der Waals surface area contributed by atoms with Crippen molar-refractivity contribution in [2.24, 2.45) is 0 Å². The number of rotatable bonds is 0. The SMILES string of the molecule is CC1CC(=O)Cc2ccc3c(ccc4ccccc43)c21. The van der Waals surface area contributed by atoms with Crippen molar-refractivity contribution >= 4 is 27.3 Å². The predicted molar refractivity (Wildman–Crippen MR) is 83.2 cm³/mol. The molecule has 0 saturated heterocycles. The Kier molecular flexibility index (Phi) is 2.43. The fourth-order valence-corrected chi connectivity index (χ4v) is 3.62. The van der Waals surface area contributed by atoms with Crippen LogP contribution < -0.4 is 0 Å². The molecular formula is C19H16O. The van der Waals surface area contributed by atoms with E-state index in [0.717, 1.165) is 0 Å². The fraction of sp³-hybridized carbons (Fsp3) is 0.211. The van der Waals surface area contributed by atoms with Crippen LogP contribution >= 0.6 is 0 Å². The predicted octanol–water partition coefficient (Wildman–Crippen LogP) is 4.61. The van der Waals surface area contributed by atoms with Crippen LogP contribution in [0.15, 0.2) is 48.5 Å². The molecule has 0 spiro atoms. The second-order valence-corrected chi connectivity index (χ2v) is 5.84. The number of hydrogen-bond donors (Lipinski definition) is 0. The maximum Gasteiger partial charge on any atom is 0.137 e. The Hall–Kier alpha value is -2.15. The average Bonchev–Trinajstić information content (AvgIpc) is 2.46. The van der Waals surface area contributed by atoms with Gasteiger partial charge in [0.05, 0.1) is 0 Å². The molecule has 0 heterocycles. The zero-order valence-corrected chi connectivity index (χ0v) is 11.5. The topological polar surface area (TPSA) is 17.1 Å². The summed E-state index contributed by atoms with van der Waals surface area (Å²) in [5.74, 6) is 0.696. The molecule has 0 radical (unpaired) electrons. The van der Waals surface area contributed by atoms with E-state index in [2.05, 4.69) is 55.5 Å². The molecule has 20 heavy (non-hydrogen) atoms. The lowest BCUT2D eigenvalue weighted by molar-refractivity contribution is -0.119. The third kappa shape index (κ3) is 1.59. The number of benzene rings is 3. The Labute approximate surface area is 118 Å². The molecule has 1 nitrogen and oxygen atoms in total. The highest BCUT2D eigenvalue weighted by atomic mass is 16.1. The summed E-state index contributed by atoms with van der Waals surface area (Å²) in [5.41, 5.74) is 2.60. The van der Waals surface area contributed by atoms with Crippen LogP contribution in [0.3, 0.4) is 0 Å². The van der Waals surface area contributed by atoms with E-state index in [-0.39, 0.29) is 0 Å². The van der Waals surface area contributed by atoms with Crippen LogP contribution in [0.4, 0.5) is 0 Å². The van der Waals surface area contributed by atoms with Gasteiger partial charge in [-0.25, -0.2) is 0 Å². The molecule has 1 atom stereocenters. The quantitative estimate of drug-likeness (QED) is 0.539. The van der Waals surface area contributed by atoms with E-state index in [4.69, 9.17) is 0 Å². The van der Waals surface area contributed by atoms with E-state index in [0.29, 0.717) is 24.5 Å². The van der Waals surface area contributed by atoms with Crippen LogP contribution in [0.5, 0.6) is 0 Å². The fourth-order valence-electron chi connectivity index (χ4n) is 3.62. The van der Waals surface area contributed by atoms with Gasteiger partial charge < -0.3 is 0 Å². The molecule has 0 fully saturated rings. The maximum atomic E-state index is 11.8. The Morgan fingerprint density at radius 3 is 2.60 bits per heavy atom. The molecule has 3 aromatic rings. The van der Waals surface area contributed by atoms with E-state index in [1.165, 1.54) is 32.7 Å². The van der Waals surface area contributed by atoms with Crippen LogP contribution in [0, 0.1) is 0 Å². The summed E-state index contributed by atoms with van der Waals surface area (Å²) in [6, 6.07) is 17.3. The molecule has 0 bridgehead atoms. The Morgan fingerprint density at radius 1 is 0.900 bits per heavy atom. The van der Waals surface area contributed by atoms with Gasteiger partial charge >= 0.3 is 0 Å². The summed E-state index contributed by atoms with van der Waals surface area (Å²) < 4.78 is 0. The van der Waals surface area contributed by atoms with Crippen molar-refractivity contribution in [3.05, 3.63) is 59.7 Å². The molecule has 3 aromatic carbocycles. The van der Waals surface area contributed by atoms with Crippen molar-refractivity contribution in [1.29, 1.82) is 0 Å². The summed E-state index contributed by atoms with van der Waals surface area (Å²) >= 11 is 0. The molecule has 1 aliphatic rings. The maximum absolute atomic E-state index is 11.8. The second-order valence-electron chi connectivity index (χ2n) is 5.84. The first kappa shape index (κ1) is 11.7. The van der Waals surface area contributed by atoms with Gasteiger partial charge in [-0.2, -0.15) is 0 Å². The first-order valence-electron chi connectivity index (χ1n) is 7.19. The first-order valence-corrected chi connectivity index (χ1v) is 7.19. The zero-order valence-electron chi connectivity index (χ0n) is 11.5. The third-order valence-electron chi connectivity index (χ3n) is 4.47. The lowest BCUT2D eigenvalue weighted by Crippen LogP contribution is -2.16. The van der Waals surface area contributed by atoms with Gasteiger partial charge in [0.15, 0.2) is 0 Å². The first-order chi connectivity index (χ1) is 9.74. The van der Waals surface area contributed by atoms with E-state index in [1.54, 1.807) is 0 Å². The highest BCUT2D eigenvalue weighted by Crippen LogP contribution is 2.37. The molecule has 4 rings (SSSR count). The number of ketones is 1. The zero-order chi connectivity index (χ0) is 13.7. The number of Topliss-reactive ketones (excluding diaryl/α,β-unsaturated/α-hetero) is 1. The molecule has 0 amide bonds. The van der Waals surface area contributed by atoms with E-state index >= 15 is 0 Å². The Bertz CT molecular complexity index is 845. The second kappa shape index (κ2) is 4.17. The summed E-state index contributed by atoms with van der Waals surface area (Å²) in [6.45, 7) is 2.17. The molecule has 0 aliphatic heterocycles. The smallest absolute Gasteiger partial charge is 0.137 e. The van der Waals surface area contributed by atoms with Crippen LogP contribution in [0.25, 0.3) is 21.5 Å². The van der Waals surface area contributed by atoms with Gasteiger partial charge in [-0.3, -0.25) is 4.79 Å². The molecular weight excluding hydrogens is 244 g/mol. The minimum Gasteiger partial charge on any atom is -0.299 e. The van der Waals surface area contributed by atoms with E-state index < -0.39 is 0 Å². The minimum absolute atomic E-state index is 0.330. The summed E-state index contributed by atoms with van der Waals surface area (Å²) in [5, 5.41) is 5.21. The van der Waals surface area contributed by atoms with Crippen LogP contribution in [-0.2, 0) is 11.2 Å². The van der Waals surface area contributed by atoms with Gasteiger partial charge in [-0.1, -0.05) is 55.5 Å². The molecule has 1 heteroatoms. The van der Waals surface area contributed by atoms with Gasteiger partial charge in [-0.05, 0) is 38.6 Å². The largest absolute Gasteiger partial charge is 0.299 e. The molecule has 0 saturated carbocycles. The van der Waals surface area contributed by atoms with Gasteiger partial charge in [0.2, 0.25) is 0 Å². The third-order valence-corrected chi connectivity index (χ3v) is 4.47. The molecule has 1 aliphatic carbocycles. The highest BCUT2D eigenvalue weighted by Gasteiger charge is 2.24. The lowest BCUT2D eigenvalue weighted by atomic mass is 9.80. The normalized spacial score (nSPS) is 18.4. The van der Waals surface area contributed by atoms with Crippen molar-refractivity contribution in [1.82, 2.24) is 0 Å². The van der Waals surface area contributed by atoms with Gasteiger partial charge in [0.1, 0.15) is 5.78 Å². The Morgan fingerprint density at radius 2 is 1.70 bits per heavy atom. The average molecular weight is 260 g/mol. The summed E-state index contributed by atoms with van der Waals surface area (Å²) in [6.07, 6.45) is 1.28. The van der Waals surface area contributed by atoms with Gasteiger partial charge in [-0.15, -0.1) is 0 Å². The van der Waals surface area contributed by atoms with Crippen LogP contribution in [0.1, 0.15) is 30.4 Å². The van der Waals surface area contributed by atoms with Crippen LogP contribution in [-0.4, -0.2) is 5.78 Å². The summed E-state index contributed by atoms with van der Waals surface area (Å²) in [4.78, 5) is 11.8. The highest BCUT2D eigenvalue weighted by molar-refractivity contribution is 6.09. The van der Waals surface area contributed by atoms with Crippen molar-refractivity contribution in [2.75, 3.05) is 0 Å². The van der Waals surface area contributed by atoms with E-state index in [1.807, 2.05) is 0 Å². The number of carbonyl (C=O) groups excluding carboxylic acids is 1. The number of hydrogen-bond acceptors (Lipinski definition) is 1. The standard InChI is InChI=1S/C19H16O/c1-12-10-15(20)11-14-7-8-17-16-5-3-2-4-13(16)6-9-18(17)19(12)14/h2-9,12H,10-11H2,1H3. The number of carbonyl (C=O) groups is 1. The minimum atomic E-state index is 0.330. The Balaban J connectivity index is 2.12. The van der Waals surface area contributed by atoms with Crippen molar-refractivity contribution in [3.63, 3.8) is 0 Å². The number of fused-ring (bicyclic) bond motifs is 5. The molecule has 1 unspecified atom stereocenters. The molecule has 0 aromatic heterocycles. The van der Waals surface area contributed by atoms with Crippen molar-refractivity contribution in [3.8, 4) is 0 Å². The van der Waals surface area contributed by atoms with E-state index in [9.17, 15) is 4.79 Å². The van der Waals surface area contributed by atoms with Crippen molar-refractivity contribution < 1.29 is 4.79 Å². The lowest BCUT2D eigenvalue weighted by Gasteiger charge is -2.24. The van der Waals surface area contributed by atoms with Gasteiger partial charge in [0, 0.05) is 12.8 Å².